The minimum Gasteiger partial charge on any atom is -0.473 e. The molecule has 0 saturated heterocycles. The quantitative estimate of drug-likeness (QED) is 0.899. The van der Waals surface area contributed by atoms with Crippen molar-refractivity contribution in [3.63, 3.8) is 0 Å². The van der Waals surface area contributed by atoms with Crippen LogP contribution in [0.15, 0.2) is 22.7 Å². The Bertz CT molecular complexity index is 561. The summed E-state index contributed by atoms with van der Waals surface area (Å²) in [5, 5.41) is 13.5. The Morgan fingerprint density at radius 2 is 2.41 bits per heavy atom. The van der Waals surface area contributed by atoms with Crippen molar-refractivity contribution < 1.29 is 9.26 Å². The van der Waals surface area contributed by atoms with Gasteiger partial charge in [-0.1, -0.05) is 11.6 Å². The van der Waals surface area contributed by atoms with Crippen molar-refractivity contribution in [1.29, 1.82) is 5.26 Å². The summed E-state index contributed by atoms with van der Waals surface area (Å²) in [6, 6.07) is 6.76. The van der Waals surface area contributed by atoms with Gasteiger partial charge in [-0.2, -0.15) is 5.26 Å². The first-order valence-corrected chi connectivity index (χ1v) is 5.39. The molecule has 0 aliphatic rings. The number of hydrogen-bond donors (Lipinski definition) is 1. The third-order valence-corrected chi connectivity index (χ3v) is 2.42. The highest BCUT2D eigenvalue weighted by Gasteiger charge is 2.11. The lowest BCUT2D eigenvalue weighted by Gasteiger charge is -2.07. The first-order valence-electron chi connectivity index (χ1n) is 5.01. The lowest BCUT2D eigenvalue weighted by molar-refractivity contribution is 0.264. The molecule has 1 aromatic heterocycles. The molecule has 0 radical (unpaired) electrons. The Morgan fingerprint density at radius 3 is 3.18 bits per heavy atom. The number of halogens is 1. The normalized spacial score (nSPS) is 12.3. The number of benzene rings is 1. The van der Waals surface area contributed by atoms with Crippen LogP contribution in [-0.2, 0) is 0 Å². The van der Waals surface area contributed by atoms with Crippen molar-refractivity contribution >= 4 is 22.6 Å². The molecule has 1 unspecified atom stereocenters. The molecule has 0 aliphatic heterocycles. The number of aromatic nitrogens is 1. The van der Waals surface area contributed by atoms with Gasteiger partial charge in [0, 0.05) is 5.02 Å². The molecule has 6 heteroatoms. The minimum absolute atomic E-state index is 0.210. The lowest BCUT2D eigenvalue weighted by Crippen LogP contribution is -2.27. The first-order chi connectivity index (χ1) is 8.20. The third kappa shape index (κ3) is 2.67. The van der Waals surface area contributed by atoms with Crippen molar-refractivity contribution in [2.24, 2.45) is 5.73 Å². The van der Waals surface area contributed by atoms with Gasteiger partial charge in [-0.05, 0) is 23.4 Å². The minimum atomic E-state index is -0.342. The molecule has 0 spiro atoms. The van der Waals surface area contributed by atoms with Crippen molar-refractivity contribution in [1.82, 2.24) is 5.16 Å². The zero-order chi connectivity index (χ0) is 12.3. The molecule has 17 heavy (non-hydrogen) atoms. The number of nitrogens with two attached hydrogens (primary N) is 1. The number of nitriles is 1. The molecule has 1 heterocycles. The molecule has 0 saturated carbocycles. The van der Waals surface area contributed by atoms with Crippen LogP contribution in [0.2, 0.25) is 5.02 Å². The van der Waals surface area contributed by atoms with E-state index in [0.29, 0.717) is 21.9 Å². The van der Waals surface area contributed by atoms with E-state index in [4.69, 9.17) is 31.9 Å². The standard InChI is InChI=1S/C11H10ClN3O2/c12-7-1-2-10-9(5-7)11(15-17-10)16-6-8(14)3-4-13/h1-2,5,8H,3,6,14H2. The molecule has 1 aromatic carbocycles. The average molecular weight is 252 g/mol. The van der Waals surface area contributed by atoms with Crippen molar-refractivity contribution in [2.75, 3.05) is 6.61 Å². The van der Waals surface area contributed by atoms with E-state index >= 15 is 0 Å². The van der Waals surface area contributed by atoms with Gasteiger partial charge in [-0.15, -0.1) is 0 Å². The maximum atomic E-state index is 8.46. The second-order valence-electron chi connectivity index (χ2n) is 3.56. The Hall–Kier alpha value is -1.77. The van der Waals surface area contributed by atoms with Crippen LogP contribution in [0, 0.1) is 11.3 Å². The van der Waals surface area contributed by atoms with E-state index in [-0.39, 0.29) is 19.1 Å². The van der Waals surface area contributed by atoms with Crippen LogP contribution in [-0.4, -0.2) is 17.8 Å². The van der Waals surface area contributed by atoms with Gasteiger partial charge in [-0.25, -0.2) is 0 Å². The van der Waals surface area contributed by atoms with E-state index in [1.807, 2.05) is 6.07 Å². The molecule has 2 N–H and O–H groups in total. The highest BCUT2D eigenvalue weighted by atomic mass is 35.5. The van der Waals surface area contributed by atoms with Crippen LogP contribution in [0.25, 0.3) is 11.0 Å². The van der Waals surface area contributed by atoms with Crippen LogP contribution in [0.3, 0.4) is 0 Å². The number of ether oxygens (including phenoxy) is 1. The van der Waals surface area contributed by atoms with E-state index in [1.54, 1.807) is 18.2 Å². The van der Waals surface area contributed by atoms with Gasteiger partial charge in [0.1, 0.15) is 6.61 Å². The van der Waals surface area contributed by atoms with Gasteiger partial charge >= 0.3 is 0 Å². The van der Waals surface area contributed by atoms with Crippen molar-refractivity contribution in [2.45, 2.75) is 12.5 Å². The largest absolute Gasteiger partial charge is 0.473 e. The van der Waals surface area contributed by atoms with Gasteiger partial charge in [0.15, 0.2) is 5.58 Å². The summed E-state index contributed by atoms with van der Waals surface area (Å²) < 4.78 is 10.4. The van der Waals surface area contributed by atoms with Crippen LogP contribution in [0.1, 0.15) is 6.42 Å². The van der Waals surface area contributed by atoms with Crippen LogP contribution >= 0.6 is 11.6 Å². The molecule has 88 valence electrons. The summed E-state index contributed by atoms with van der Waals surface area (Å²) in [4.78, 5) is 0. The molecule has 0 bridgehead atoms. The summed E-state index contributed by atoms with van der Waals surface area (Å²) in [6.45, 7) is 0.210. The van der Waals surface area contributed by atoms with Crippen LogP contribution < -0.4 is 10.5 Å². The molecule has 2 aromatic rings. The second kappa shape index (κ2) is 5.04. The highest BCUT2D eigenvalue weighted by molar-refractivity contribution is 6.31. The molecular weight excluding hydrogens is 242 g/mol. The fraction of sp³-hybridized carbons (Fsp3) is 0.273. The molecule has 2 rings (SSSR count). The van der Waals surface area contributed by atoms with E-state index in [9.17, 15) is 0 Å². The van der Waals surface area contributed by atoms with Gasteiger partial charge in [0.25, 0.3) is 5.88 Å². The zero-order valence-corrected chi connectivity index (χ0v) is 9.65. The summed E-state index contributed by atoms with van der Waals surface area (Å²) in [7, 11) is 0. The number of hydrogen-bond acceptors (Lipinski definition) is 5. The van der Waals surface area contributed by atoms with Crippen molar-refractivity contribution in [3.05, 3.63) is 23.2 Å². The monoisotopic (exact) mass is 251 g/mol. The predicted octanol–water partition coefficient (Wildman–Crippen LogP) is 2.10. The SMILES string of the molecule is N#CCC(N)COc1noc2ccc(Cl)cc12. The maximum absolute atomic E-state index is 8.46. The van der Waals surface area contributed by atoms with E-state index in [2.05, 4.69) is 5.16 Å². The smallest absolute Gasteiger partial charge is 0.262 e. The molecular formula is C11H10ClN3O2. The number of fused-ring (bicyclic) bond motifs is 1. The molecule has 0 fully saturated rings. The second-order valence-corrected chi connectivity index (χ2v) is 4.00. The first kappa shape index (κ1) is 11.7. The third-order valence-electron chi connectivity index (χ3n) is 2.19. The topological polar surface area (TPSA) is 85.1 Å². The van der Waals surface area contributed by atoms with E-state index in [1.165, 1.54) is 0 Å². The highest BCUT2D eigenvalue weighted by Crippen LogP contribution is 2.27. The van der Waals surface area contributed by atoms with Crippen molar-refractivity contribution in [3.8, 4) is 11.9 Å². The lowest BCUT2D eigenvalue weighted by atomic mass is 10.2. The Balaban J connectivity index is 2.14. The molecule has 0 aliphatic carbocycles. The Kier molecular flexibility index (Phi) is 3.47. The van der Waals surface area contributed by atoms with Gasteiger partial charge in [0.05, 0.1) is 23.9 Å². The van der Waals surface area contributed by atoms with Crippen LogP contribution in [0.5, 0.6) is 5.88 Å². The fourth-order valence-electron chi connectivity index (χ4n) is 1.35. The van der Waals surface area contributed by atoms with Gasteiger partial charge in [0.2, 0.25) is 0 Å². The summed E-state index contributed by atoms with van der Waals surface area (Å²) in [5.41, 5.74) is 6.24. The maximum Gasteiger partial charge on any atom is 0.262 e. The Labute approximate surface area is 103 Å². The molecule has 5 nitrogen and oxygen atoms in total. The molecule has 0 amide bonds. The van der Waals surface area contributed by atoms with E-state index < -0.39 is 0 Å². The summed E-state index contributed by atoms with van der Waals surface area (Å²) in [5.74, 6) is 0.343. The molecule has 1 atom stereocenters. The zero-order valence-electron chi connectivity index (χ0n) is 8.89. The van der Waals surface area contributed by atoms with E-state index in [0.717, 1.165) is 0 Å². The fourth-order valence-corrected chi connectivity index (χ4v) is 1.53. The summed E-state index contributed by atoms with van der Waals surface area (Å²) >= 11 is 5.87. The Morgan fingerprint density at radius 1 is 1.59 bits per heavy atom. The average Bonchev–Trinajstić information content (AvgIpc) is 2.69. The van der Waals surface area contributed by atoms with Crippen LogP contribution in [0.4, 0.5) is 0 Å². The van der Waals surface area contributed by atoms with Gasteiger partial charge < -0.3 is 15.0 Å². The van der Waals surface area contributed by atoms with Gasteiger partial charge in [-0.3, -0.25) is 0 Å². The summed E-state index contributed by atoms with van der Waals surface area (Å²) in [6.07, 6.45) is 0.233. The number of rotatable bonds is 4. The predicted molar refractivity (Wildman–Crippen MR) is 62.7 cm³/mol. The number of nitrogens with zero attached hydrogens (tertiary/aromatic N) is 2.